The number of ether oxygens (including phenoxy) is 1. The van der Waals surface area contributed by atoms with Gasteiger partial charge in [-0.2, -0.15) is 0 Å². The van der Waals surface area contributed by atoms with Crippen LogP contribution < -0.4 is 16.2 Å². The van der Waals surface area contributed by atoms with Crippen LogP contribution >= 0.6 is 23.2 Å². The topological polar surface area (TPSA) is 78.3 Å². The van der Waals surface area contributed by atoms with Gasteiger partial charge in [-0.25, -0.2) is 0 Å². The summed E-state index contributed by atoms with van der Waals surface area (Å²) in [5.41, 5.74) is 11.5. The Hall–Kier alpha value is -0.970. The van der Waals surface area contributed by atoms with Crippen LogP contribution in [0.4, 0.5) is 0 Å². The summed E-state index contributed by atoms with van der Waals surface area (Å²) in [6.07, 6.45) is 0.550. The van der Waals surface area contributed by atoms with Crippen molar-refractivity contribution in [3.8, 4) is 5.75 Å². The zero-order valence-corrected chi connectivity index (χ0v) is 10.9. The van der Waals surface area contributed by atoms with Gasteiger partial charge in [-0.3, -0.25) is 4.79 Å². The van der Waals surface area contributed by atoms with Gasteiger partial charge in [0.1, 0.15) is 5.75 Å². The van der Waals surface area contributed by atoms with Gasteiger partial charge in [-0.1, -0.05) is 23.2 Å². The fraction of sp³-hybridized carbons (Fsp3) is 0.364. The predicted molar refractivity (Wildman–Crippen MR) is 68.5 cm³/mol. The van der Waals surface area contributed by atoms with E-state index in [2.05, 4.69) is 0 Å². The molecule has 4 nitrogen and oxygen atoms in total. The van der Waals surface area contributed by atoms with E-state index in [4.69, 9.17) is 39.4 Å². The molecule has 1 amide bonds. The molecule has 1 rings (SSSR count). The standard InChI is InChI=1S/C11H14Cl2N2O2/c1-6(14)2-7-3-8(12)4-9(13)11(7)17-5-10(15)16/h3-4,6H,2,5,14H2,1H3,(H2,15,16). The molecule has 4 N–H and O–H groups in total. The first-order valence-electron chi connectivity index (χ1n) is 5.04. The van der Waals surface area contributed by atoms with Gasteiger partial charge in [0.05, 0.1) is 5.02 Å². The quantitative estimate of drug-likeness (QED) is 0.860. The first-order valence-corrected chi connectivity index (χ1v) is 5.80. The third-order valence-electron chi connectivity index (χ3n) is 1.99. The number of carbonyl (C=O) groups is 1. The lowest BCUT2D eigenvalue weighted by Crippen LogP contribution is -2.22. The molecule has 1 atom stereocenters. The van der Waals surface area contributed by atoms with Crippen molar-refractivity contribution in [3.63, 3.8) is 0 Å². The van der Waals surface area contributed by atoms with Gasteiger partial charge >= 0.3 is 0 Å². The molecule has 6 heteroatoms. The molecule has 0 saturated heterocycles. The Labute approximate surface area is 110 Å². The van der Waals surface area contributed by atoms with E-state index < -0.39 is 5.91 Å². The molecule has 0 radical (unpaired) electrons. The lowest BCUT2D eigenvalue weighted by atomic mass is 10.1. The van der Waals surface area contributed by atoms with E-state index in [1.54, 1.807) is 12.1 Å². The average Bonchev–Trinajstić information content (AvgIpc) is 2.14. The molecule has 0 aliphatic rings. The maximum Gasteiger partial charge on any atom is 0.255 e. The molecule has 0 aliphatic carbocycles. The first-order chi connectivity index (χ1) is 7.90. The van der Waals surface area contributed by atoms with E-state index >= 15 is 0 Å². The van der Waals surface area contributed by atoms with Gasteiger partial charge in [0.25, 0.3) is 5.91 Å². The van der Waals surface area contributed by atoms with Crippen LogP contribution in [0, 0.1) is 0 Å². The first kappa shape index (κ1) is 14.1. The number of benzene rings is 1. The zero-order chi connectivity index (χ0) is 13.0. The van der Waals surface area contributed by atoms with Crippen LogP contribution in [-0.2, 0) is 11.2 Å². The van der Waals surface area contributed by atoms with Gasteiger partial charge in [-0.15, -0.1) is 0 Å². The van der Waals surface area contributed by atoms with Crippen molar-refractivity contribution in [2.45, 2.75) is 19.4 Å². The van der Waals surface area contributed by atoms with Crippen molar-refractivity contribution < 1.29 is 9.53 Å². The summed E-state index contributed by atoms with van der Waals surface area (Å²) in [5.74, 6) is -0.157. The van der Waals surface area contributed by atoms with Crippen LogP contribution in [0.2, 0.25) is 10.0 Å². The molecule has 1 aromatic carbocycles. The van der Waals surface area contributed by atoms with Crippen LogP contribution in [0.25, 0.3) is 0 Å². The predicted octanol–water partition coefficient (Wildman–Crippen LogP) is 1.75. The SMILES string of the molecule is CC(N)Cc1cc(Cl)cc(Cl)c1OCC(N)=O. The molecule has 0 aromatic heterocycles. The van der Waals surface area contributed by atoms with Crippen molar-refractivity contribution in [1.82, 2.24) is 0 Å². The summed E-state index contributed by atoms with van der Waals surface area (Å²) >= 11 is 11.9. The lowest BCUT2D eigenvalue weighted by Gasteiger charge is -2.14. The highest BCUT2D eigenvalue weighted by Gasteiger charge is 2.13. The molecule has 0 aliphatic heterocycles. The zero-order valence-electron chi connectivity index (χ0n) is 9.37. The van der Waals surface area contributed by atoms with Gasteiger partial charge in [0.2, 0.25) is 0 Å². The number of amides is 1. The number of halogens is 2. The van der Waals surface area contributed by atoms with Crippen LogP contribution in [0.5, 0.6) is 5.75 Å². The highest BCUT2D eigenvalue weighted by atomic mass is 35.5. The summed E-state index contributed by atoms with van der Waals surface area (Å²) < 4.78 is 5.26. The number of nitrogens with two attached hydrogens (primary N) is 2. The molecule has 1 unspecified atom stereocenters. The molecule has 94 valence electrons. The normalized spacial score (nSPS) is 12.2. The van der Waals surface area contributed by atoms with Crippen molar-refractivity contribution in [2.24, 2.45) is 11.5 Å². The fourth-order valence-electron chi connectivity index (χ4n) is 1.42. The summed E-state index contributed by atoms with van der Waals surface area (Å²) in [7, 11) is 0. The number of primary amides is 1. The smallest absolute Gasteiger partial charge is 0.255 e. The molecule has 0 spiro atoms. The highest BCUT2D eigenvalue weighted by Crippen LogP contribution is 2.33. The Morgan fingerprint density at radius 3 is 2.65 bits per heavy atom. The van der Waals surface area contributed by atoms with Crippen LogP contribution in [-0.4, -0.2) is 18.6 Å². The Morgan fingerprint density at radius 2 is 2.12 bits per heavy atom. The lowest BCUT2D eigenvalue weighted by molar-refractivity contribution is -0.119. The van der Waals surface area contributed by atoms with Gasteiger partial charge < -0.3 is 16.2 Å². The minimum atomic E-state index is -0.567. The van der Waals surface area contributed by atoms with Crippen molar-refractivity contribution in [3.05, 3.63) is 27.7 Å². The second-order valence-corrected chi connectivity index (χ2v) is 4.66. The monoisotopic (exact) mass is 276 g/mol. The Balaban J connectivity index is 3.02. The molecule has 1 aromatic rings. The third kappa shape index (κ3) is 4.42. The minimum Gasteiger partial charge on any atom is -0.482 e. The number of hydrogen-bond acceptors (Lipinski definition) is 3. The van der Waals surface area contributed by atoms with Gasteiger partial charge in [0, 0.05) is 11.1 Å². The van der Waals surface area contributed by atoms with Gasteiger partial charge in [0.15, 0.2) is 6.61 Å². The fourth-order valence-corrected chi connectivity index (χ4v) is 2.01. The molecule has 0 saturated carbocycles. The molecule has 17 heavy (non-hydrogen) atoms. The summed E-state index contributed by atoms with van der Waals surface area (Å²) in [4.78, 5) is 10.7. The molecular weight excluding hydrogens is 263 g/mol. The Bertz CT molecular complexity index is 422. The third-order valence-corrected chi connectivity index (χ3v) is 2.48. The minimum absolute atomic E-state index is 0.0690. The maximum atomic E-state index is 10.7. The Morgan fingerprint density at radius 1 is 1.47 bits per heavy atom. The van der Waals surface area contributed by atoms with Crippen LogP contribution in [0.3, 0.4) is 0 Å². The Kier molecular flexibility index (Phi) is 5.05. The average molecular weight is 277 g/mol. The molecule has 0 fully saturated rings. The summed E-state index contributed by atoms with van der Waals surface area (Å²) in [5, 5.41) is 0.839. The number of rotatable bonds is 5. The molecular formula is C11H14Cl2N2O2. The van der Waals surface area contributed by atoms with Crippen LogP contribution in [0.1, 0.15) is 12.5 Å². The van der Waals surface area contributed by atoms with Gasteiger partial charge in [-0.05, 0) is 31.0 Å². The van der Waals surface area contributed by atoms with E-state index in [1.165, 1.54) is 0 Å². The number of hydrogen-bond donors (Lipinski definition) is 2. The van der Waals surface area contributed by atoms with Crippen molar-refractivity contribution >= 4 is 29.1 Å². The van der Waals surface area contributed by atoms with E-state index in [1.807, 2.05) is 6.92 Å². The second kappa shape index (κ2) is 6.10. The van der Waals surface area contributed by atoms with Crippen molar-refractivity contribution in [2.75, 3.05) is 6.61 Å². The maximum absolute atomic E-state index is 10.7. The molecule has 0 bridgehead atoms. The van der Waals surface area contributed by atoms with E-state index in [-0.39, 0.29) is 12.6 Å². The van der Waals surface area contributed by atoms with E-state index in [0.717, 1.165) is 5.56 Å². The van der Waals surface area contributed by atoms with E-state index in [0.29, 0.717) is 22.2 Å². The van der Waals surface area contributed by atoms with Crippen LogP contribution in [0.15, 0.2) is 12.1 Å². The van der Waals surface area contributed by atoms with Crippen molar-refractivity contribution in [1.29, 1.82) is 0 Å². The highest BCUT2D eigenvalue weighted by molar-refractivity contribution is 6.35. The second-order valence-electron chi connectivity index (χ2n) is 3.81. The largest absolute Gasteiger partial charge is 0.482 e. The summed E-state index contributed by atoms with van der Waals surface area (Å²) in [6.45, 7) is 1.62. The van der Waals surface area contributed by atoms with E-state index in [9.17, 15) is 4.79 Å². The molecule has 0 heterocycles. The number of carbonyl (C=O) groups excluding carboxylic acids is 1. The summed E-state index contributed by atoms with van der Waals surface area (Å²) in [6, 6.07) is 3.19.